The summed E-state index contributed by atoms with van der Waals surface area (Å²) in [7, 11) is 0. The van der Waals surface area contributed by atoms with Gasteiger partial charge in [-0.05, 0) is 18.2 Å². The average molecular weight is 320 g/mol. The zero-order chi connectivity index (χ0) is 16.1. The lowest BCUT2D eigenvalue weighted by Crippen LogP contribution is -2.17. The third-order valence-electron chi connectivity index (χ3n) is 2.67. The molecule has 0 saturated heterocycles. The maximum Gasteiger partial charge on any atom is 0.271 e. The van der Waals surface area contributed by atoms with Gasteiger partial charge in [0.2, 0.25) is 0 Å². The molecule has 0 bridgehead atoms. The minimum atomic E-state index is -0.524. The molecule has 0 spiro atoms. The number of hydrazone groups is 1. The zero-order valence-corrected chi connectivity index (χ0v) is 11.8. The Morgan fingerprint density at radius 2 is 2.09 bits per heavy atom. The van der Waals surface area contributed by atoms with E-state index in [9.17, 15) is 20.0 Å². The molecule has 0 unspecified atom stereocenters. The lowest BCUT2D eigenvalue weighted by atomic mass is 10.2. The van der Waals surface area contributed by atoms with Crippen LogP contribution in [0.5, 0.6) is 5.75 Å². The van der Waals surface area contributed by atoms with E-state index < -0.39 is 10.8 Å². The highest BCUT2D eigenvalue weighted by Gasteiger charge is 2.07. The number of rotatable bonds is 4. The molecule has 0 heterocycles. The molecular formula is C14H10ClN3O4. The number of benzene rings is 2. The summed E-state index contributed by atoms with van der Waals surface area (Å²) in [5.41, 5.74) is 2.89. The maximum absolute atomic E-state index is 11.8. The van der Waals surface area contributed by atoms with Crippen LogP contribution in [0.15, 0.2) is 47.6 Å². The second kappa shape index (κ2) is 6.68. The molecule has 1 amide bonds. The van der Waals surface area contributed by atoms with Gasteiger partial charge in [-0.15, -0.1) is 0 Å². The van der Waals surface area contributed by atoms with Gasteiger partial charge in [-0.3, -0.25) is 14.9 Å². The van der Waals surface area contributed by atoms with Crippen LogP contribution in [-0.4, -0.2) is 22.2 Å². The van der Waals surface area contributed by atoms with E-state index in [-0.39, 0.29) is 22.0 Å². The number of carbonyl (C=O) groups excluding carboxylic acids is 1. The highest BCUT2D eigenvalue weighted by Crippen LogP contribution is 2.23. The lowest BCUT2D eigenvalue weighted by molar-refractivity contribution is -0.384. The van der Waals surface area contributed by atoms with Crippen LogP contribution in [0, 0.1) is 10.1 Å². The average Bonchev–Trinajstić information content (AvgIpc) is 2.50. The number of aromatic hydroxyl groups is 1. The second-order valence-corrected chi connectivity index (χ2v) is 4.62. The number of halogens is 1. The topological polar surface area (TPSA) is 105 Å². The van der Waals surface area contributed by atoms with E-state index in [2.05, 4.69) is 10.5 Å². The fraction of sp³-hybridized carbons (Fsp3) is 0. The highest BCUT2D eigenvalue weighted by molar-refractivity contribution is 6.32. The van der Waals surface area contributed by atoms with Gasteiger partial charge < -0.3 is 5.11 Å². The fourth-order valence-corrected chi connectivity index (χ4v) is 1.78. The number of amides is 1. The summed E-state index contributed by atoms with van der Waals surface area (Å²) >= 11 is 5.70. The van der Waals surface area contributed by atoms with Crippen LogP contribution in [0.4, 0.5) is 5.69 Å². The van der Waals surface area contributed by atoms with E-state index in [1.807, 2.05) is 0 Å². The Morgan fingerprint density at radius 1 is 1.32 bits per heavy atom. The van der Waals surface area contributed by atoms with Crippen molar-refractivity contribution in [2.75, 3.05) is 0 Å². The normalized spacial score (nSPS) is 10.6. The van der Waals surface area contributed by atoms with Gasteiger partial charge in [-0.1, -0.05) is 23.7 Å². The number of phenols is 1. The van der Waals surface area contributed by atoms with E-state index in [1.54, 1.807) is 6.07 Å². The van der Waals surface area contributed by atoms with Crippen LogP contribution >= 0.6 is 11.6 Å². The van der Waals surface area contributed by atoms with Crippen LogP contribution in [0.25, 0.3) is 0 Å². The van der Waals surface area contributed by atoms with Crippen molar-refractivity contribution in [2.45, 2.75) is 0 Å². The van der Waals surface area contributed by atoms with Crippen molar-refractivity contribution in [3.63, 3.8) is 0 Å². The lowest BCUT2D eigenvalue weighted by Gasteiger charge is -2.01. The zero-order valence-electron chi connectivity index (χ0n) is 11.1. The van der Waals surface area contributed by atoms with Crippen LogP contribution in [-0.2, 0) is 0 Å². The Kier molecular flexibility index (Phi) is 4.70. The SMILES string of the molecule is O=C(N/N=C/c1cccc([N+](=O)[O-])c1)c1ccc(O)c(Cl)c1. The number of non-ortho nitro benzene ring substituents is 1. The number of nitro benzene ring substituents is 1. The molecular weight excluding hydrogens is 310 g/mol. The number of hydrogen-bond donors (Lipinski definition) is 2. The van der Waals surface area contributed by atoms with E-state index in [4.69, 9.17) is 11.6 Å². The number of nitro groups is 1. The van der Waals surface area contributed by atoms with Crippen molar-refractivity contribution in [3.8, 4) is 5.75 Å². The van der Waals surface area contributed by atoms with Gasteiger partial charge in [0.15, 0.2) is 0 Å². The van der Waals surface area contributed by atoms with E-state index in [1.165, 1.54) is 42.6 Å². The largest absolute Gasteiger partial charge is 0.506 e. The monoisotopic (exact) mass is 319 g/mol. The molecule has 0 fully saturated rings. The summed E-state index contributed by atoms with van der Waals surface area (Å²) < 4.78 is 0. The Balaban J connectivity index is 2.05. The molecule has 2 N–H and O–H groups in total. The first-order valence-corrected chi connectivity index (χ1v) is 6.41. The predicted octanol–water partition coefficient (Wildman–Crippen LogP) is 2.72. The van der Waals surface area contributed by atoms with Gasteiger partial charge in [-0.2, -0.15) is 5.10 Å². The molecule has 112 valence electrons. The summed E-state index contributed by atoms with van der Waals surface area (Å²) in [6, 6.07) is 9.79. The third kappa shape index (κ3) is 3.80. The molecule has 8 heteroatoms. The molecule has 0 aliphatic carbocycles. The first-order chi connectivity index (χ1) is 10.5. The second-order valence-electron chi connectivity index (χ2n) is 4.22. The molecule has 2 rings (SSSR count). The third-order valence-corrected chi connectivity index (χ3v) is 2.97. The van der Waals surface area contributed by atoms with Gasteiger partial charge >= 0.3 is 0 Å². The quantitative estimate of drug-likeness (QED) is 0.513. The Bertz CT molecular complexity index is 762. The molecule has 0 saturated carbocycles. The van der Waals surface area contributed by atoms with Crippen LogP contribution in [0.3, 0.4) is 0 Å². The summed E-state index contributed by atoms with van der Waals surface area (Å²) in [6.45, 7) is 0. The van der Waals surface area contributed by atoms with Crippen LogP contribution < -0.4 is 5.43 Å². The molecule has 0 aliphatic rings. The molecule has 7 nitrogen and oxygen atoms in total. The molecule has 2 aromatic carbocycles. The number of nitrogens with zero attached hydrogens (tertiary/aromatic N) is 2. The van der Waals surface area contributed by atoms with Crippen molar-refractivity contribution >= 4 is 29.4 Å². The fourth-order valence-electron chi connectivity index (χ4n) is 1.60. The Morgan fingerprint density at radius 3 is 2.77 bits per heavy atom. The summed E-state index contributed by atoms with van der Waals surface area (Å²) in [5.74, 6) is -0.651. The van der Waals surface area contributed by atoms with Crippen molar-refractivity contribution in [3.05, 3.63) is 68.7 Å². The van der Waals surface area contributed by atoms with Gasteiger partial charge in [0.25, 0.3) is 11.6 Å². The Hall–Kier alpha value is -2.93. The number of carbonyl (C=O) groups is 1. The van der Waals surface area contributed by atoms with E-state index in [0.29, 0.717) is 5.56 Å². The van der Waals surface area contributed by atoms with Gasteiger partial charge in [0.1, 0.15) is 5.75 Å². The Labute approximate surface area is 130 Å². The van der Waals surface area contributed by atoms with E-state index in [0.717, 1.165) is 0 Å². The summed E-state index contributed by atoms with van der Waals surface area (Å²) in [4.78, 5) is 21.9. The molecule has 0 atom stereocenters. The summed E-state index contributed by atoms with van der Waals surface area (Å²) in [6.07, 6.45) is 1.28. The summed E-state index contributed by atoms with van der Waals surface area (Å²) in [5, 5.41) is 23.7. The molecule has 0 aromatic heterocycles. The molecule has 0 radical (unpaired) electrons. The maximum atomic E-state index is 11.8. The first kappa shape index (κ1) is 15.5. The van der Waals surface area contributed by atoms with Crippen LogP contribution in [0.1, 0.15) is 15.9 Å². The van der Waals surface area contributed by atoms with Gasteiger partial charge in [-0.25, -0.2) is 5.43 Å². The van der Waals surface area contributed by atoms with Crippen molar-refractivity contribution < 1.29 is 14.8 Å². The predicted molar refractivity (Wildman–Crippen MR) is 81.3 cm³/mol. The van der Waals surface area contributed by atoms with Gasteiger partial charge in [0.05, 0.1) is 16.2 Å². The highest BCUT2D eigenvalue weighted by atomic mass is 35.5. The first-order valence-electron chi connectivity index (χ1n) is 6.04. The van der Waals surface area contributed by atoms with Gasteiger partial charge in [0, 0.05) is 23.3 Å². The van der Waals surface area contributed by atoms with Crippen molar-refractivity contribution in [1.82, 2.24) is 5.43 Å². The molecule has 2 aromatic rings. The smallest absolute Gasteiger partial charge is 0.271 e. The standard InChI is InChI=1S/C14H10ClN3O4/c15-12-7-10(4-5-13(12)19)14(20)17-16-8-9-2-1-3-11(6-9)18(21)22/h1-8,19H,(H,17,20)/b16-8+. The van der Waals surface area contributed by atoms with Crippen molar-refractivity contribution in [2.24, 2.45) is 5.10 Å². The minimum Gasteiger partial charge on any atom is -0.506 e. The van der Waals surface area contributed by atoms with E-state index >= 15 is 0 Å². The number of phenolic OH excluding ortho intramolecular Hbond substituents is 1. The number of hydrogen-bond acceptors (Lipinski definition) is 5. The van der Waals surface area contributed by atoms with Crippen molar-refractivity contribution in [1.29, 1.82) is 0 Å². The molecule has 0 aliphatic heterocycles. The number of nitrogens with one attached hydrogen (secondary N) is 1. The van der Waals surface area contributed by atoms with Crippen LogP contribution in [0.2, 0.25) is 5.02 Å². The molecule has 22 heavy (non-hydrogen) atoms. The minimum absolute atomic E-state index is 0.0512.